The van der Waals surface area contributed by atoms with Gasteiger partial charge in [0.1, 0.15) is 11.6 Å². The van der Waals surface area contributed by atoms with Crippen LogP contribution in [0.15, 0.2) is 36.8 Å². The summed E-state index contributed by atoms with van der Waals surface area (Å²) >= 11 is 0. The van der Waals surface area contributed by atoms with E-state index in [4.69, 9.17) is 9.47 Å². The number of benzene rings is 1. The van der Waals surface area contributed by atoms with Crippen molar-refractivity contribution in [2.24, 2.45) is 0 Å². The Morgan fingerprint density at radius 1 is 0.840 bits per heavy atom. The van der Waals surface area contributed by atoms with Gasteiger partial charge in [0, 0.05) is 24.4 Å². The average molecular weight is 338 g/mol. The fourth-order valence-corrected chi connectivity index (χ4v) is 2.49. The first kappa shape index (κ1) is 17.0. The van der Waals surface area contributed by atoms with Gasteiger partial charge in [0.05, 0.1) is 30.7 Å². The van der Waals surface area contributed by atoms with Crippen LogP contribution in [-0.2, 0) is 6.42 Å². The van der Waals surface area contributed by atoms with E-state index in [2.05, 4.69) is 19.9 Å². The van der Waals surface area contributed by atoms with E-state index < -0.39 is 0 Å². The van der Waals surface area contributed by atoms with E-state index in [1.807, 2.05) is 39.0 Å². The fourth-order valence-electron chi connectivity index (χ4n) is 2.49. The number of hydrogen-bond donors (Lipinski definition) is 1. The third-order valence-electron chi connectivity index (χ3n) is 3.73. The molecule has 130 valence electrons. The average Bonchev–Trinajstić information content (AvgIpc) is 3.14. The van der Waals surface area contributed by atoms with Gasteiger partial charge in [-0.05, 0) is 32.0 Å². The molecule has 0 unspecified atom stereocenters. The molecule has 0 fully saturated rings. The van der Waals surface area contributed by atoms with Crippen molar-refractivity contribution in [2.75, 3.05) is 13.2 Å². The molecule has 2 aromatic heterocycles. The van der Waals surface area contributed by atoms with Gasteiger partial charge in [-0.1, -0.05) is 6.92 Å². The van der Waals surface area contributed by atoms with Crippen molar-refractivity contribution in [2.45, 2.75) is 27.2 Å². The van der Waals surface area contributed by atoms with Crippen molar-refractivity contribution in [3.63, 3.8) is 0 Å². The normalized spacial score (nSPS) is 10.7. The van der Waals surface area contributed by atoms with E-state index in [1.165, 1.54) is 0 Å². The Bertz CT molecular complexity index is 828. The smallest absolute Gasteiger partial charge is 0.161 e. The van der Waals surface area contributed by atoms with E-state index in [0.29, 0.717) is 13.2 Å². The van der Waals surface area contributed by atoms with Crippen LogP contribution >= 0.6 is 0 Å². The number of imidazole rings is 1. The summed E-state index contributed by atoms with van der Waals surface area (Å²) in [5.74, 6) is 3.04. The van der Waals surface area contributed by atoms with Gasteiger partial charge in [-0.15, -0.1) is 0 Å². The summed E-state index contributed by atoms with van der Waals surface area (Å²) in [5.41, 5.74) is 2.75. The predicted molar refractivity (Wildman–Crippen MR) is 96.8 cm³/mol. The molecule has 0 spiro atoms. The largest absolute Gasteiger partial charge is 0.490 e. The number of H-pyrrole nitrogens is 1. The monoisotopic (exact) mass is 338 g/mol. The molecule has 1 aromatic carbocycles. The minimum Gasteiger partial charge on any atom is -0.490 e. The molecule has 0 aliphatic rings. The maximum Gasteiger partial charge on any atom is 0.161 e. The Balaban J connectivity index is 1.89. The topological polar surface area (TPSA) is 72.9 Å². The van der Waals surface area contributed by atoms with Gasteiger partial charge in [0.15, 0.2) is 11.5 Å². The SMILES string of the molecule is CCOc1ccc(-c2cnc(-c3cnc(CC)nc3)[nH]2)cc1OCC. The van der Waals surface area contributed by atoms with Crippen LogP contribution in [0.3, 0.4) is 0 Å². The molecule has 0 aliphatic carbocycles. The highest BCUT2D eigenvalue weighted by atomic mass is 16.5. The second-order valence-corrected chi connectivity index (χ2v) is 5.41. The molecule has 0 saturated heterocycles. The lowest BCUT2D eigenvalue weighted by Crippen LogP contribution is -1.98. The van der Waals surface area contributed by atoms with Crippen LogP contribution in [0.4, 0.5) is 0 Å². The zero-order valence-corrected chi connectivity index (χ0v) is 14.7. The number of aromatic amines is 1. The predicted octanol–water partition coefficient (Wildman–Crippen LogP) is 3.89. The zero-order chi connectivity index (χ0) is 17.6. The summed E-state index contributed by atoms with van der Waals surface area (Å²) < 4.78 is 11.3. The molecule has 0 radical (unpaired) electrons. The molecule has 1 N–H and O–H groups in total. The Morgan fingerprint density at radius 2 is 1.56 bits per heavy atom. The first-order valence-electron chi connectivity index (χ1n) is 8.51. The summed E-state index contributed by atoms with van der Waals surface area (Å²) in [6.45, 7) is 7.12. The molecule has 6 heteroatoms. The third-order valence-corrected chi connectivity index (χ3v) is 3.73. The third kappa shape index (κ3) is 3.79. The lowest BCUT2D eigenvalue weighted by Gasteiger charge is -2.11. The maximum absolute atomic E-state index is 5.69. The fraction of sp³-hybridized carbons (Fsp3) is 0.316. The van der Waals surface area contributed by atoms with E-state index in [-0.39, 0.29) is 0 Å². The van der Waals surface area contributed by atoms with Crippen LogP contribution < -0.4 is 9.47 Å². The number of nitrogens with zero attached hydrogens (tertiary/aromatic N) is 3. The molecule has 0 amide bonds. The number of aromatic nitrogens is 4. The number of hydrogen-bond acceptors (Lipinski definition) is 5. The first-order valence-corrected chi connectivity index (χ1v) is 8.51. The van der Waals surface area contributed by atoms with Crippen LogP contribution in [0.2, 0.25) is 0 Å². The molecule has 0 saturated carbocycles. The lowest BCUT2D eigenvalue weighted by molar-refractivity contribution is 0.288. The second-order valence-electron chi connectivity index (χ2n) is 5.41. The Morgan fingerprint density at radius 3 is 2.24 bits per heavy atom. The van der Waals surface area contributed by atoms with Gasteiger partial charge in [0.2, 0.25) is 0 Å². The van der Waals surface area contributed by atoms with Crippen molar-refractivity contribution < 1.29 is 9.47 Å². The van der Waals surface area contributed by atoms with E-state index >= 15 is 0 Å². The van der Waals surface area contributed by atoms with Crippen molar-refractivity contribution in [1.82, 2.24) is 19.9 Å². The Hall–Kier alpha value is -2.89. The number of aryl methyl sites for hydroxylation is 1. The molecule has 6 nitrogen and oxygen atoms in total. The van der Waals surface area contributed by atoms with Crippen LogP contribution in [0, 0.1) is 0 Å². The van der Waals surface area contributed by atoms with Crippen molar-refractivity contribution >= 4 is 0 Å². The summed E-state index contributed by atoms with van der Waals surface area (Å²) in [7, 11) is 0. The molecule has 0 aliphatic heterocycles. The molecule has 0 atom stereocenters. The van der Waals surface area contributed by atoms with Gasteiger partial charge in [-0.25, -0.2) is 15.0 Å². The van der Waals surface area contributed by atoms with Crippen LogP contribution in [0.1, 0.15) is 26.6 Å². The van der Waals surface area contributed by atoms with Crippen molar-refractivity contribution in [3.05, 3.63) is 42.6 Å². The summed E-state index contributed by atoms with van der Waals surface area (Å²) in [4.78, 5) is 16.4. The maximum atomic E-state index is 5.69. The van der Waals surface area contributed by atoms with Crippen LogP contribution in [0.5, 0.6) is 11.5 Å². The molecule has 3 aromatic rings. The highest BCUT2D eigenvalue weighted by Gasteiger charge is 2.11. The van der Waals surface area contributed by atoms with Gasteiger partial charge >= 0.3 is 0 Å². The number of nitrogens with one attached hydrogen (secondary N) is 1. The molecule has 3 rings (SSSR count). The molecular weight excluding hydrogens is 316 g/mol. The Kier molecular flexibility index (Phi) is 5.28. The minimum absolute atomic E-state index is 0.582. The highest BCUT2D eigenvalue weighted by molar-refractivity contribution is 5.66. The second kappa shape index (κ2) is 7.79. The quantitative estimate of drug-likeness (QED) is 0.707. The summed E-state index contributed by atoms with van der Waals surface area (Å²) in [6, 6.07) is 5.87. The number of ether oxygens (including phenoxy) is 2. The summed E-state index contributed by atoms with van der Waals surface area (Å²) in [6.07, 6.45) is 6.20. The van der Waals surface area contributed by atoms with E-state index in [0.717, 1.165) is 46.4 Å². The molecular formula is C19H22N4O2. The van der Waals surface area contributed by atoms with Gasteiger partial charge < -0.3 is 14.5 Å². The van der Waals surface area contributed by atoms with Gasteiger partial charge in [0.25, 0.3) is 0 Å². The van der Waals surface area contributed by atoms with Gasteiger partial charge in [-0.3, -0.25) is 0 Å². The molecule has 2 heterocycles. The first-order chi connectivity index (χ1) is 12.2. The zero-order valence-electron chi connectivity index (χ0n) is 14.7. The van der Waals surface area contributed by atoms with E-state index in [9.17, 15) is 0 Å². The molecule has 25 heavy (non-hydrogen) atoms. The molecule has 0 bridgehead atoms. The van der Waals surface area contributed by atoms with Gasteiger partial charge in [-0.2, -0.15) is 0 Å². The number of rotatable bonds is 7. The standard InChI is InChI=1S/C19H22N4O2/c1-4-18-20-10-14(11-21-18)19-22-12-15(23-19)13-7-8-16(24-5-2)17(9-13)25-6-3/h7-12H,4-6H2,1-3H3,(H,22,23). The van der Waals surface area contributed by atoms with Crippen molar-refractivity contribution in [3.8, 4) is 34.1 Å². The van der Waals surface area contributed by atoms with Crippen LogP contribution in [0.25, 0.3) is 22.6 Å². The lowest BCUT2D eigenvalue weighted by atomic mass is 10.1. The van der Waals surface area contributed by atoms with Crippen LogP contribution in [-0.4, -0.2) is 33.1 Å². The summed E-state index contributed by atoms with van der Waals surface area (Å²) in [5, 5.41) is 0. The Labute approximate surface area is 147 Å². The van der Waals surface area contributed by atoms with E-state index in [1.54, 1.807) is 18.6 Å². The van der Waals surface area contributed by atoms with Crippen molar-refractivity contribution in [1.29, 1.82) is 0 Å². The highest BCUT2D eigenvalue weighted by Crippen LogP contribution is 2.32. The minimum atomic E-state index is 0.582.